The second-order valence-electron chi connectivity index (χ2n) is 6.29. The zero-order chi connectivity index (χ0) is 19.8. The van der Waals surface area contributed by atoms with Gasteiger partial charge in [0.1, 0.15) is 17.9 Å². The molecule has 0 saturated heterocycles. The molecule has 0 fully saturated rings. The third-order valence-corrected chi connectivity index (χ3v) is 4.13. The number of benzene rings is 2. The lowest BCUT2D eigenvalue weighted by atomic mass is 10.2. The highest BCUT2D eigenvalue weighted by atomic mass is 35.5. The number of carbonyl (C=O) groups is 2. The molecular formula is C20H21Cl2NO4. The van der Waals surface area contributed by atoms with Gasteiger partial charge in [0.15, 0.2) is 6.61 Å². The number of ether oxygens (including phenoxy) is 2. The van der Waals surface area contributed by atoms with Crippen molar-refractivity contribution in [3.8, 4) is 5.75 Å². The van der Waals surface area contributed by atoms with Crippen LogP contribution < -0.4 is 10.1 Å². The number of carbonyl (C=O) groups excluding carboxylic acids is 2. The van der Waals surface area contributed by atoms with Crippen LogP contribution in [0.2, 0.25) is 10.0 Å². The summed E-state index contributed by atoms with van der Waals surface area (Å²) in [5.41, 5.74) is 0.969. The van der Waals surface area contributed by atoms with Gasteiger partial charge in [0.2, 0.25) is 0 Å². The Balaban J connectivity index is 1.97. The fourth-order valence-electron chi connectivity index (χ4n) is 2.13. The molecule has 0 bridgehead atoms. The Morgan fingerprint density at radius 2 is 1.85 bits per heavy atom. The molecule has 144 valence electrons. The second kappa shape index (κ2) is 10.2. The minimum atomic E-state index is -0.632. The predicted molar refractivity (Wildman–Crippen MR) is 105 cm³/mol. The van der Waals surface area contributed by atoms with E-state index in [2.05, 4.69) is 5.32 Å². The maximum Gasteiger partial charge on any atom is 0.342 e. The van der Waals surface area contributed by atoms with Gasteiger partial charge in [-0.1, -0.05) is 55.2 Å². The largest absolute Gasteiger partial charge is 0.488 e. The van der Waals surface area contributed by atoms with Gasteiger partial charge in [-0.25, -0.2) is 4.79 Å². The summed E-state index contributed by atoms with van der Waals surface area (Å²) in [6.07, 6.45) is 0. The van der Waals surface area contributed by atoms with Gasteiger partial charge >= 0.3 is 5.97 Å². The topological polar surface area (TPSA) is 64.6 Å². The lowest BCUT2D eigenvalue weighted by Gasteiger charge is -2.12. The summed E-state index contributed by atoms with van der Waals surface area (Å²) >= 11 is 12.0. The lowest BCUT2D eigenvalue weighted by molar-refractivity contribution is -0.124. The standard InChI is InChI=1S/C20H21Cl2NO4/c1-13(2)10-23-19(24)12-27-20(25)16-5-3-4-6-18(16)26-11-14-7-8-15(21)9-17(14)22/h3-9,13H,10-12H2,1-2H3,(H,23,24). The summed E-state index contributed by atoms with van der Waals surface area (Å²) in [4.78, 5) is 24.0. The van der Waals surface area contributed by atoms with Crippen LogP contribution in [0.4, 0.5) is 0 Å². The van der Waals surface area contributed by atoms with Gasteiger partial charge in [0, 0.05) is 22.2 Å². The Kier molecular flexibility index (Phi) is 7.95. The first-order chi connectivity index (χ1) is 12.9. The van der Waals surface area contributed by atoms with Crippen LogP contribution in [-0.2, 0) is 16.1 Å². The van der Waals surface area contributed by atoms with Crippen LogP contribution in [0, 0.1) is 5.92 Å². The van der Waals surface area contributed by atoms with E-state index in [-0.39, 0.29) is 24.7 Å². The van der Waals surface area contributed by atoms with Crippen molar-refractivity contribution >= 4 is 35.1 Å². The third kappa shape index (κ3) is 6.77. The summed E-state index contributed by atoms with van der Waals surface area (Å²) in [6, 6.07) is 11.7. The van der Waals surface area contributed by atoms with Crippen molar-refractivity contribution in [1.82, 2.24) is 5.32 Å². The molecule has 27 heavy (non-hydrogen) atoms. The van der Waals surface area contributed by atoms with Gasteiger partial charge in [-0.05, 0) is 30.2 Å². The van der Waals surface area contributed by atoms with Crippen LogP contribution in [0.5, 0.6) is 5.75 Å². The van der Waals surface area contributed by atoms with Crippen LogP contribution in [0.25, 0.3) is 0 Å². The minimum absolute atomic E-state index is 0.162. The molecule has 0 heterocycles. The smallest absolute Gasteiger partial charge is 0.342 e. The molecule has 0 aromatic heterocycles. The zero-order valence-electron chi connectivity index (χ0n) is 15.1. The predicted octanol–water partition coefficient (Wildman–Crippen LogP) is 4.50. The maximum absolute atomic E-state index is 12.3. The van der Waals surface area contributed by atoms with Crippen LogP contribution in [-0.4, -0.2) is 25.0 Å². The first-order valence-corrected chi connectivity index (χ1v) is 9.22. The van der Waals surface area contributed by atoms with E-state index in [1.165, 1.54) is 0 Å². The molecule has 2 aromatic carbocycles. The van der Waals surface area contributed by atoms with Crippen molar-refractivity contribution < 1.29 is 19.1 Å². The normalized spacial score (nSPS) is 10.6. The maximum atomic E-state index is 12.3. The van der Waals surface area contributed by atoms with Crippen LogP contribution >= 0.6 is 23.2 Å². The molecule has 0 radical (unpaired) electrons. The molecule has 0 aliphatic heterocycles. The molecule has 0 aliphatic rings. The van der Waals surface area contributed by atoms with Gasteiger partial charge in [0.25, 0.3) is 5.91 Å². The summed E-state index contributed by atoms with van der Waals surface area (Å²) < 4.78 is 10.8. The van der Waals surface area contributed by atoms with Crippen molar-refractivity contribution in [3.05, 3.63) is 63.6 Å². The van der Waals surface area contributed by atoms with Gasteiger partial charge in [-0.15, -0.1) is 0 Å². The summed E-state index contributed by atoms with van der Waals surface area (Å²) in [5, 5.41) is 3.70. The van der Waals surface area contributed by atoms with Crippen LogP contribution in [0.15, 0.2) is 42.5 Å². The quantitative estimate of drug-likeness (QED) is 0.651. The Labute approximate surface area is 168 Å². The highest BCUT2D eigenvalue weighted by Gasteiger charge is 2.16. The number of amides is 1. The third-order valence-electron chi connectivity index (χ3n) is 3.55. The van der Waals surface area contributed by atoms with E-state index in [9.17, 15) is 9.59 Å². The molecule has 0 saturated carbocycles. The Morgan fingerprint density at radius 3 is 2.56 bits per heavy atom. The fourth-order valence-corrected chi connectivity index (χ4v) is 2.60. The number of hydrogen-bond donors (Lipinski definition) is 1. The first-order valence-electron chi connectivity index (χ1n) is 8.46. The van der Waals surface area contributed by atoms with Crippen molar-refractivity contribution in [3.63, 3.8) is 0 Å². The molecule has 0 spiro atoms. The van der Waals surface area contributed by atoms with E-state index in [1.54, 1.807) is 42.5 Å². The van der Waals surface area contributed by atoms with Gasteiger partial charge in [-0.3, -0.25) is 4.79 Å². The SMILES string of the molecule is CC(C)CNC(=O)COC(=O)c1ccccc1OCc1ccc(Cl)cc1Cl. The number of para-hydroxylation sites is 1. The number of hydrogen-bond acceptors (Lipinski definition) is 4. The second-order valence-corrected chi connectivity index (χ2v) is 7.14. The molecule has 5 nitrogen and oxygen atoms in total. The number of halogens is 2. The van der Waals surface area contributed by atoms with Crippen molar-refractivity contribution in [2.24, 2.45) is 5.92 Å². The van der Waals surface area contributed by atoms with E-state index in [0.717, 1.165) is 5.56 Å². The van der Waals surface area contributed by atoms with Gasteiger partial charge < -0.3 is 14.8 Å². The highest BCUT2D eigenvalue weighted by molar-refractivity contribution is 6.35. The van der Waals surface area contributed by atoms with Crippen molar-refractivity contribution in [2.45, 2.75) is 20.5 Å². The first kappa shape index (κ1) is 21.1. The number of rotatable bonds is 8. The Bertz CT molecular complexity index is 808. The summed E-state index contributed by atoms with van der Waals surface area (Å²) in [7, 11) is 0. The number of esters is 1. The zero-order valence-corrected chi connectivity index (χ0v) is 16.6. The Hall–Kier alpha value is -2.24. The fraction of sp³-hybridized carbons (Fsp3) is 0.300. The monoisotopic (exact) mass is 409 g/mol. The van der Waals surface area contributed by atoms with E-state index in [4.69, 9.17) is 32.7 Å². The minimum Gasteiger partial charge on any atom is -0.488 e. The van der Waals surface area contributed by atoms with E-state index in [0.29, 0.717) is 28.3 Å². The highest BCUT2D eigenvalue weighted by Crippen LogP contribution is 2.24. The van der Waals surface area contributed by atoms with E-state index < -0.39 is 5.97 Å². The average molecular weight is 410 g/mol. The van der Waals surface area contributed by atoms with Gasteiger partial charge in [-0.2, -0.15) is 0 Å². The molecule has 2 rings (SSSR count). The molecule has 1 N–H and O–H groups in total. The van der Waals surface area contributed by atoms with Crippen LogP contribution in [0.3, 0.4) is 0 Å². The molecule has 0 aliphatic carbocycles. The number of nitrogens with one attached hydrogen (secondary N) is 1. The molecule has 7 heteroatoms. The molecule has 2 aromatic rings. The van der Waals surface area contributed by atoms with Crippen molar-refractivity contribution in [2.75, 3.05) is 13.2 Å². The summed E-state index contributed by atoms with van der Waals surface area (Å²) in [5.74, 6) is -0.314. The van der Waals surface area contributed by atoms with E-state index >= 15 is 0 Å². The lowest BCUT2D eigenvalue weighted by Crippen LogP contribution is -2.31. The molecule has 0 unspecified atom stereocenters. The molecular weight excluding hydrogens is 389 g/mol. The Morgan fingerprint density at radius 1 is 1.11 bits per heavy atom. The molecule has 0 atom stereocenters. The van der Waals surface area contributed by atoms with Crippen molar-refractivity contribution in [1.29, 1.82) is 0 Å². The average Bonchev–Trinajstić information content (AvgIpc) is 2.64. The van der Waals surface area contributed by atoms with Crippen LogP contribution in [0.1, 0.15) is 29.8 Å². The summed E-state index contributed by atoms with van der Waals surface area (Å²) in [6.45, 7) is 4.30. The van der Waals surface area contributed by atoms with Gasteiger partial charge in [0.05, 0.1) is 0 Å². The molecule has 1 amide bonds. The van der Waals surface area contributed by atoms with E-state index in [1.807, 2.05) is 13.8 Å².